The minimum atomic E-state index is -3.55. The smallest absolute Gasteiger partial charge is 0.296 e. The van der Waals surface area contributed by atoms with Crippen molar-refractivity contribution < 1.29 is 13.2 Å². The molecular weight excluding hydrogens is 228 g/mol. The van der Waals surface area contributed by atoms with Gasteiger partial charge in [0.2, 0.25) is 0 Å². The average molecular weight is 240 g/mol. The van der Waals surface area contributed by atoms with Gasteiger partial charge < -0.3 is 10.5 Å². The van der Waals surface area contributed by atoms with Gasteiger partial charge in [0.1, 0.15) is 0 Å². The molecule has 0 spiro atoms. The Labute approximate surface area is 87.7 Å². The molecule has 14 heavy (non-hydrogen) atoms. The highest BCUT2D eigenvalue weighted by atomic mass is 32.2. The Hall–Kier alpha value is -0.480. The molecule has 0 saturated carbocycles. The van der Waals surface area contributed by atoms with E-state index in [-0.39, 0.29) is 5.11 Å². The molecule has 1 fully saturated rings. The van der Waals surface area contributed by atoms with Gasteiger partial charge in [0, 0.05) is 13.1 Å². The number of morpholine rings is 1. The molecule has 0 unspecified atom stereocenters. The first kappa shape index (κ1) is 11.6. The van der Waals surface area contributed by atoms with Gasteiger partial charge in [-0.2, -0.15) is 12.7 Å². The van der Waals surface area contributed by atoms with E-state index in [9.17, 15) is 8.42 Å². The van der Waals surface area contributed by atoms with E-state index in [0.29, 0.717) is 26.3 Å². The summed E-state index contributed by atoms with van der Waals surface area (Å²) in [5.41, 5.74) is 7.25. The molecule has 1 rings (SSSR count). The molecule has 1 aliphatic rings. The molecule has 7 nitrogen and oxygen atoms in total. The molecular formula is C5H12N4O3S2. The van der Waals surface area contributed by atoms with E-state index in [1.54, 1.807) is 0 Å². The Kier molecular flexibility index (Phi) is 4.01. The van der Waals surface area contributed by atoms with Gasteiger partial charge >= 0.3 is 0 Å². The van der Waals surface area contributed by atoms with Crippen LogP contribution in [-0.4, -0.2) is 44.1 Å². The van der Waals surface area contributed by atoms with Crippen molar-refractivity contribution in [3.05, 3.63) is 0 Å². The lowest BCUT2D eigenvalue weighted by atomic mass is 10.5. The monoisotopic (exact) mass is 240 g/mol. The Balaban J connectivity index is 2.50. The van der Waals surface area contributed by atoms with E-state index < -0.39 is 10.2 Å². The molecule has 1 heterocycles. The van der Waals surface area contributed by atoms with Gasteiger partial charge in [-0.1, -0.05) is 0 Å². The van der Waals surface area contributed by atoms with Crippen molar-refractivity contribution in [1.29, 1.82) is 0 Å². The maximum absolute atomic E-state index is 11.5. The molecule has 0 aromatic carbocycles. The second-order valence-corrected chi connectivity index (χ2v) is 4.72. The highest BCUT2D eigenvalue weighted by Crippen LogP contribution is 2.01. The molecule has 0 atom stereocenters. The fourth-order valence-electron chi connectivity index (χ4n) is 0.966. The largest absolute Gasteiger partial charge is 0.379 e. The van der Waals surface area contributed by atoms with E-state index in [1.165, 1.54) is 4.31 Å². The number of hydrazine groups is 1. The zero-order valence-corrected chi connectivity index (χ0v) is 9.03. The lowest BCUT2D eigenvalue weighted by molar-refractivity contribution is 0.0724. The molecule has 0 aromatic heterocycles. The van der Waals surface area contributed by atoms with Crippen LogP contribution in [-0.2, 0) is 14.9 Å². The second kappa shape index (κ2) is 4.84. The third kappa shape index (κ3) is 3.35. The van der Waals surface area contributed by atoms with Gasteiger partial charge in [0.15, 0.2) is 5.11 Å². The van der Waals surface area contributed by atoms with E-state index in [1.807, 2.05) is 0 Å². The number of ether oxygens (including phenoxy) is 1. The molecule has 4 N–H and O–H groups in total. The first-order chi connectivity index (χ1) is 6.52. The van der Waals surface area contributed by atoms with Crippen LogP contribution in [0.2, 0.25) is 0 Å². The predicted octanol–water partition coefficient (Wildman–Crippen LogP) is -2.10. The standard InChI is InChI=1S/C5H12N4O3S2/c6-5(13)7-8-14(10,11)9-1-3-12-4-2-9/h8H,1-4H2,(H3,6,7,13). The van der Waals surface area contributed by atoms with Crippen LogP contribution >= 0.6 is 12.2 Å². The third-order valence-electron chi connectivity index (χ3n) is 1.61. The zero-order chi connectivity index (χ0) is 10.6. The molecule has 1 aliphatic heterocycles. The molecule has 0 radical (unpaired) electrons. The summed E-state index contributed by atoms with van der Waals surface area (Å²) in [6.45, 7) is 1.45. The van der Waals surface area contributed by atoms with Gasteiger partial charge in [-0.15, -0.1) is 4.83 Å². The van der Waals surface area contributed by atoms with E-state index in [0.717, 1.165) is 0 Å². The fraction of sp³-hybridized carbons (Fsp3) is 0.800. The van der Waals surface area contributed by atoms with Crippen LogP contribution in [0.4, 0.5) is 0 Å². The number of hydrogen-bond acceptors (Lipinski definition) is 4. The van der Waals surface area contributed by atoms with Gasteiger partial charge in [-0.3, -0.25) is 5.43 Å². The summed E-state index contributed by atoms with van der Waals surface area (Å²) in [6.07, 6.45) is 0. The van der Waals surface area contributed by atoms with Crippen molar-refractivity contribution in [2.24, 2.45) is 5.73 Å². The lowest BCUT2D eigenvalue weighted by Gasteiger charge is -2.25. The number of rotatable bonds is 3. The quantitative estimate of drug-likeness (QED) is 0.386. The van der Waals surface area contributed by atoms with E-state index in [4.69, 9.17) is 10.5 Å². The number of nitrogens with one attached hydrogen (secondary N) is 2. The van der Waals surface area contributed by atoms with Crippen LogP contribution in [0.1, 0.15) is 0 Å². The van der Waals surface area contributed by atoms with Crippen LogP contribution in [0, 0.1) is 0 Å². The van der Waals surface area contributed by atoms with Crippen molar-refractivity contribution in [2.45, 2.75) is 0 Å². The maximum atomic E-state index is 11.5. The van der Waals surface area contributed by atoms with E-state index >= 15 is 0 Å². The van der Waals surface area contributed by atoms with Crippen LogP contribution in [0.15, 0.2) is 0 Å². The minimum Gasteiger partial charge on any atom is -0.379 e. The first-order valence-electron chi connectivity index (χ1n) is 3.92. The highest BCUT2D eigenvalue weighted by molar-refractivity contribution is 7.87. The molecule has 0 aromatic rings. The average Bonchev–Trinajstić information content (AvgIpc) is 2.16. The predicted molar refractivity (Wildman–Crippen MR) is 54.4 cm³/mol. The summed E-state index contributed by atoms with van der Waals surface area (Å²) >= 11 is 4.46. The fourth-order valence-corrected chi connectivity index (χ4v) is 2.08. The lowest BCUT2D eigenvalue weighted by Crippen LogP contribution is -2.53. The summed E-state index contributed by atoms with van der Waals surface area (Å²) in [5, 5.41) is -0.123. The van der Waals surface area contributed by atoms with Crippen LogP contribution < -0.4 is 16.0 Å². The van der Waals surface area contributed by atoms with Crippen LogP contribution in [0.3, 0.4) is 0 Å². The first-order valence-corrected chi connectivity index (χ1v) is 5.77. The number of nitrogens with two attached hydrogens (primary N) is 1. The molecule has 0 bridgehead atoms. The summed E-state index contributed by atoms with van der Waals surface area (Å²) in [4.78, 5) is 2.05. The molecule has 82 valence electrons. The Bertz CT molecular complexity index is 298. The molecule has 0 aliphatic carbocycles. The summed E-state index contributed by atoms with van der Waals surface area (Å²) in [5.74, 6) is 0. The van der Waals surface area contributed by atoms with Gasteiger partial charge in [0.25, 0.3) is 10.2 Å². The molecule has 1 saturated heterocycles. The Morgan fingerprint density at radius 2 is 2.00 bits per heavy atom. The normalized spacial score (nSPS) is 19.1. The topological polar surface area (TPSA) is 96.7 Å². The van der Waals surface area contributed by atoms with Crippen molar-refractivity contribution in [3.8, 4) is 0 Å². The van der Waals surface area contributed by atoms with Crippen molar-refractivity contribution in [3.63, 3.8) is 0 Å². The Morgan fingerprint density at radius 3 is 2.50 bits per heavy atom. The maximum Gasteiger partial charge on any atom is 0.296 e. The Morgan fingerprint density at radius 1 is 1.43 bits per heavy atom. The molecule has 9 heteroatoms. The van der Waals surface area contributed by atoms with Gasteiger partial charge in [-0.05, 0) is 12.2 Å². The van der Waals surface area contributed by atoms with Crippen LogP contribution in [0.25, 0.3) is 0 Å². The zero-order valence-electron chi connectivity index (χ0n) is 7.39. The summed E-state index contributed by atoms with van der Waals surface area (Å²) in [6, 6.07) is 0. The molecule has 0 amide bonds. The number of thiocarbonyl (C=S) groups is 1. The van der Waals surface area contributed by atoms with E-state index in [2.05, 4.69) is 22.5 Å². The van der Waals surface area contributed by atoms with Crippen molar-refractivity contribution in [1.82, 2.24) is 14.6 Å². The number of hydrogen-bond donors (Lipinski definition) is 3. The number of nitrogens with zero attached hydrogens (tertiary/aromatic N) is 1. The minimum absolute atomic E-state index is 0.123. The summed E-state index contributed by atoms with van der Waals surface area (Å²) in [7, 11) is -3.55. The van der Waals surface area contributed by atoms with Crippen LogP contribution in [0.5, 0.6) is 0 Å². The van der Waals surface area contributed by atoms with Gasteiger partial charge in [0.05, 0.1) is 13.2 Å². The van der Waals surface area contributed by atoms with Gasteiger partial charge in [-0.25, -0.2) is 0 Å². The van der Waals surface area contributed by atoms with Crippen molar-refractivity contribution >= 4 is 27.5 Å². The summed E-state index contributed by atoms with van der Waals surface area (Å²) < 4.78 is 29.2. The third-order valence-corrected chi connectivity index (χ3v) is 3.12. The van der Waals surface area contributed by atoms with Crippen molar-refractivity contribution in [2.75, 3.05) is 26.3 Å². The second-order valence-electron chi connectivity index (χ2n) is 2.61. The SMILES string of the molecule is NC(=S)NNS(=O)(=O)N1CCOCC1. The highest BCUT2D eigenvalue weighted by Gasteiger charge is 2.23.